The fraction of sp³-hybridized carbons (Fsp3) is 0.846. The minimum atomic E-state index is -0.970. The van der Waals surface area contributed by atoms with Gasteiger partial charge in [0.15, 0.2) is 0 Å². The third-order valence-corrected chi connectivity index (χ3v) is 4.57. The van der Waals surface area contributed by atoms with Crippen molar-refractivity contribution in [2.75, 3.05) is 6.26 Å². The Bertz CT molecular complexity index is 312. The van der Waals surface area contributed by atoms with Crippen molar-refractivity contribution in [3.8, 4) is 0 Å². The molecule has 1 saturated carbocycles. The topological polar surface area (TPSA) is 78.4 Å². The van der Waals surface area contributed by atoms with Gasteiger partial charge < -0.3 is 15.7 Å². The lowest BCUT2D eigenvalue weighted by Gasteiger charge is -2.29. The Morgan fingerprint density at radius 1 is 1.42 bits per heavy atom. The number of urea groups is 1. The molecule has 6 heteroatoms. The van der Waals surface area contributed by atoms with Gasteiger partial charge in [0.25, 0.3) is 0 Å². The molecule has 0 bridgehead atoms. The number of rotatable bonds is 6. The molecule has 3 N–H and O–H groups in total. The zero-order valence-electron chi connectivity index (χ0n) is 11.6. The minimum Gasteiger partial charge on any atom is -0.480 e. The summed E-state index contributed by atoms with van der Waals surface area (Å²) in [5.41, 5.74) is 0. The predicted molar refractivity (Wildman–Crippen MR) is 77.6 cm³/mol. The fourth-order valence-corrected chi connectivity index (χ4v) is 3.25. The van der Waals surface area contributed by atoms with E-state index in [9.17, 15) is 9.59 Å². The number of aliphatic carboxylic acids is 1. The van der Waals surface area contributed by atoms with Crippen LogP contribution in [0.1, 0.15) is 45.4 Å². The molecule has 1 fully saturated rings. The highest BCUT2D eigenvalue weighted by molar-refractivity contribution is 7.99. The van der Waals surface area contributed by atoms with Crippen molar-refractivity contribution >= 4 is 23.8 Å². The van der Waals surface area contributed by atoms with Crippen LogP contribution in [0.3, 0.4) is 0 Å². The van der Waals surface area contributed by atoms with Crippen LogP contribution in [0.15, 0.2) is 0 Å². The van der Waals surface area contributed by atoms with Crippen LogP contribution in [0.25, 0.3) is 0 Å². The second kappa shape index (κ2) is 8.30. The van der Waals surface area contributed by atoms with Gasteiger partial charge in [-0.05, 0) is 31.9 Å². The lowest BCUT2D eigenvalue weighted by atomic mass is 9.95. The zero-order chi connectivity index (χ0) is 14.3. The number of carboxylic acid groups (broad SMARTS) is 1. The number of carbonyl (C=O) groups is 2. The highest BCUT2D eigenvalue weighted by Gasteiger charge is 2.24. The first-order valence-corrected chi connectivity index (χ1v) is 8.18. The average Bonchev–Trinajstić information content (AvgIpc) is 2.38. The average molecular weight is 288 g/mol. The number of carboxylic acids is 1. The molecule has 110 valence electrons. The molecule has 0 aromatic carbocycles. The number of amides is 2. The lowest BCUT2D eigenvalue weighted by Crippen LogP contribution is -2.50. The quantitative estimate of drug-likeness (QED) is 0.700. The Hall–Kier alpha value is -0.910. The Kier molecular flexibility index (Phi) is 7.05. The monoisotopic (exact) mass is 288 g/mol. The van der Waals surface area contributed by atoms with Crippen LogP contribution < -0.4 is 10.6 Å². The maximum Gasteiger partial charge on any atom is 0.326 e. The Labute approximate surface area is 118 Å². The van der Waals surface area contributed by atoms with Gasteiger partial charge in [-0.15, -0.1) is 0 Å². The van der Waals surface area contributed by atoms with Crippen molar-refractivity contribution in [3.05, 3.63) is 0 Å². The molecular formula is C13H24N2O3S. The SMILES string of the molecule is CCC[C@H](NC(=O)NC1CCCC(SC)C1)C(=O)O. The Morgan fingerprint density at radius 3 is 2.74 bits per heavy atom. The van der Waals surface area contributed by atoms with Crippen LogP contribution in [0, 0.1) is 0 Å². The van der Waals surface area contributed by atoms with E-state index in [0.29, 0.717) is 11.7 Å². The molecule has 3 atom stereocenters. The molecule has 0 heterocycles. The first-order chi connectivity index (χ1) is 9.06. The van der Waals surface area contributed by atoms with Crippen molar-refractivity contribution in [3.63, 3.8) is 0 Å². The van der Waals surface area contributed by atoms with Gasteiger partial charge in [0.05, 0.1) is 0 Å². The lowest BCUT2D eigenvalue weighted by molar-refractivity contribution is -0.139. The van der Waals surface area contributed by atoms with Gasteiger partial charge in [-0.25, -0.2) is 9.59 Å². The third-order valence-electron chi connectivity index (χ3n) is 3.48. The molecule has 1 rings (SSSR count). The fourth-order valence-electron chi connectivity index (χ4n) is 2.42. The summed E-state index contributed by atoms with van der Waals surface area (Å²) in [5, 5.41) is 15.0. The highest BCUT2D eigenvalue weighted by atomic mass is 32.2. The molecule has 1 aliphatic carbocycles. The standard InChI is InChI=1S/C13H24N2O3S/c1-3-5-11(12(16)17)15-13(18)14-9-6-4-7-10(8-9)19-2/h9-11H,3-8H2,1-2H3,(H,16,17)(H2,14,15,18)/t9?,10?,11-/m0/s1. The van der Waals surface area contributed by atoms with Gasteiger partial charge in [0.1, 0.15) is 6.04 Å². The highest BCUT2D eigenvalue weighted by Crippen LogP contribution is 2.26. The molecule has 2 unspecified atom stereocenters. The molecular weight excluding hydrogens is 264 g/mol. The summed E-state index contributed by atoms with van der Waals surface area (Å²) in [4.78, 5) is 22.8. The second-order valence-electron chi connectivity index (χ2n) is 5.02. The van der Waals surface area contributed by atoms with E-state index in [1.54, 1.807) is 0 Å². The van der Waals surface area contributed by atoms with Gasteiger partial charge in [-0.2, -0.15) is 11.8 Å². The predicted octanol–water partition coefficient (Wildman–Crippen LogP) is 2.21. The third kappa shape index (κ3) is 5.72. The molecule has 19 heavy (non-hydrogen) atoms. The molecule has 0 saturated heterocycles. The smallest absolute Gasteiger partial charge is 0.326 e. The van der Waals surface area contributed by atoms with E-state index >= 15 is 0 Å². The summed E-state index contributed by atoms with van der Waals surface area (Å²) < 4.78 is 0. The summed E-state index contributed by atoms with van der Waals surface area (Å²) in [7, 11) is 0. The van der Waals surface area contributed by atoms with Crippen LogP contribution >= 0.6 is 11.8 Å². The van der Waals surface area contributed by atoms with Crippen molar-refractivity contribution in [2.24, 2.45) is 0 Å². The number of thioether (sulfide) groups is 1. The maximum absolute atomic E-state index is 11.8. The maximum atomic E-state index is 11.8. The van der Waals surface area contributed by atoms with E-state index in [2.05, 4.69) is 16.9 Å². The van der Waals surface area contributed by atoms with Gasteiger partial charge in [0.2, 0.25) is 0 Å². The Balaban J connectivity index is 2.39. The second-order valence-corrected chi connectivity index (χ2v) is 6.16. The van der Waals surface area contributed by atoms with E-state index in [1.165, 1.54) is 6.42 Å². The molecule has 0 aromatic rings. The normalized spacial score (nSPS) is 24.5. The summed E-state index contributed by atoms with van der Waals surface area (Å²) in [6.07, 6.45) is 7.56. The van der Waals surface area contributed by atoms with E-state index in [4.69, 9.17) is 5.11 Å². The van der Waals surface area contributed by atoms with E-state index in [-0.39, 0.29) is 12.1 Å². The van der Waals surface area contributed by atoms with Gasteiger partial charge >= 0.3 is 12.0 Å². The molecule has 0 aliphatic heterocycles. The van der Waals surface area contributed by atoms with Crippen LogP contribution in [0.5, 0.6) is 0 Å². The van der Waals surface area contributed by atoms with Gasteiger partial charge in [-0.3, -0.25) is 0 Å². The van der Waals surface area contributed by atoms with Crippen molar-refractivity contribution < 1.29 is 14.7 Å². The first-order valence-electron chi connectivity index (χ1n) is 6.89. The summed E-state index contributed by atoms with van der Waals surface area (Å²) in [5.74, 6) is -0.970. The molecule has 0 spiro atoms. The number of nitrogens with one attached hydrogen (secondary N) is 2. The zero-order valence-corrected chi connectivity index (χ0v) is 12.5. The first kappa shape index (κ1) is 16.1. The largest absolute Gasteiger partial charge is 0.480 e. The molecule has 2 amide bonds. The molecule has 0 radical (unpaired) electrons. The van der Waals surface area contributed by atoms with E-state index in [1.807, 2.05) is 18.7 Å². The molecule has 1 aliphatic rings. The molecule has 5 nitrogen and oxygen atoms in total. The van der Waals surface area contributed by atoms with E-state index in [0.717, 1.165) is 25.7 Å². The number of carbonyl (C=O) groups excluding carboxylic acids is 1. The molecule has 0 aromatic heterocycles. The van der Waals surface area contributed by atoms with E-state index < -0.39 is 12.0 Å². The number of hydrogen-bond acceptors (Lipinski definition) is 3. The Morgan fingerprint density at radius 2 is 2.16 bits per heavy atom. The van der Waals surface area contributed by atoms with Crippen molar-refractivity contribution in [1.29, 1.82) is 0 Å². The van der Waals surface area contributed by atoms with Crippen LogP contribution in [-0.2, 0) is 4.79 Å². The van der Waals surface area contributed by atoms with Crippen molar-refractivity contribution in [2.45, 2.75) is 62.8 Å². The van der Waals surface area contributed by atoms with Gasteiger partial charge in [0, 0.05) is 11.3 Å². The van der Waals surface area contributed by atoms with Crippen LogP contribution in [0.2, 0.25) is 0 Å². The summed E-state index contributed by atoms with van der Waals surface area (Å²) in [6.45, 7) is 1.90. The van der Waals surface area contributed by atoms with Crippen LogP contribution in [-0.4, -0.2) is 40.7 Å². The summed E-state index contributed by atoms with van der Waals surface area (Å²) >= 11 is 1.84. The number of hydrogen-bond donors (Lipinski definition) is 3. The van der Waals surface area contributed by atoms with Crippen LogP contribution in [0.4, 0.5) is 4.79 Å². The van der Waals surface area contributed by atoms with Gasteiger partial charge in [-0.1, -0.05) is 19.8 Å². The minimum absolute atomic E-state index is 0.169. The van der Waals surface area contributed by atoms with Crippen molar-refractivity contribution in [1.82, 2.24) is 10.6 Å². The summed E-state index contributed by atoms with van der Waals surface area (Å²) in [6, 6.07) is -0.972.